The van der Waals surface area contributed by atoms with Crippen molar-refractivity contribution in [3.8, 4) is 17.3 Å². The Labute approximate surface area is 147 Å². The van der Waals surface area contributed by atoms with E-state index in [9.17, 15) is 17.2 Å². The zero-order valence-electron chi connectivity index (χ0n) is 13.4. The SMILES string of the molecule is CNCc1cn(S(=O)(=O)c2ccc(C#N)o2)c(-c2cccnc2F)c1F. The van der Waals surface area contributed by atoms with Crippen LogP contribution in [0.3, 0.4) is 0 Å². The number of hydrogen-bond donors (Lipinski definition) is 1. The molecular formula is C16H12F2N4O3S. The summed E-state index contributed by atoms with van der Waals surface area (Å²) in [6.45, 7) is 0.0187. The molecule has 0 radical (unpaired) electrons. The third-order valence-electron chi connectivity index (χ3n) is 3.57. The van der Waals surface area contributed by atoms with Crippen molar-refractivity contribution in [3.05, 3.63) is 59.7 Å². The molecule has 0 aliphatic carbocycles. The van der Waals surface area contributed by atoms with Gasteiger partial charge in [0.25, 0.3) is 0 Å². The number of rotatable bonds is 5. The van der Waals surface area contributed by atoms with Gasteiger partial charge in [-0.3, -0.25) is 0 Å². The molecular weight excluding hydrogens is 366 g/mol. The van der Waals surface area contributed by atoms with E-state index in [1.807, 2.05) is 0 Å². The lowest BCUT2D eigenvalue weighted by molar-refractivity contribution is 0.438. The van der Waals surface area contributed by atoms with Crippen LogP contribution in [0.2, 0.25) is 0 Å². The molecule has 7 nitrogen and oxygen atoms in total. The van der Waals surface area contributed by atoms with Crippen molar-refractivity contribution in [3.63, 3.8) is 0 Å². The summed E-state index contributed by atoms with van der Waals surface area (Å²) in [6, 6.07) is 6.50. The molecule has 3 rings (SSSR count). The van der Waals surface area contributed by atoms with Gasteiger partial charge in [-0.25, -0.2) is 13.3 Å². The average Bonchev–Trinajstić information content (AvgIpc) is 3.22. The highest BCUT2D eigenvalue weighted by Crippen LogP contribution is 2.32. The summed E-state index contributed by atoms with van der Waals surface area (Å²) in [5.41, 5.74) is -0.805. The van der Waals surface area contributed by atoms with Crippen LogP contribution in [-0.2, 0) is 16.6 Å². The first kappa shape index (κ1) is 17.8. The summed E-state index contributed by atoms with van der Waals surface area (Å²) in [7, 11) is -2.85. The number of nitriles is 1. The van der Waals surface area contributed by atoms with Gasteiger partial charge in [0.15, 0.2) is 5.82 Å². The third-order valence-corrected chi connectivity index (χ3v) is 5.10. The molecule has 0 unspecified atom stereocenters. The van der Waals surface area contributed by atoms with E-state index < -0.39 is 32.6 Å². The zero-order chi connectivity index (χ0) is 18.9. The summed E-state index contributed by atoms with van der Waals surface area (Å²) >= 11 is 0. The molecule has 134 valence electrons. The lowest BCUT2D eigenvalue weighted by atomic mass is 10.2. The van der Waals surface area contributed by atoms with E-state index in [-0.39, 0.29) is 23.4 Å². The van der Waals surface area contributed by atoms with Crippen molar-refractivity contribution >= 4 is 10.0 Å². The standard InChI is InChI=1S/C16H12F2N4O3S/c1-20-8-10-9-22(26(23,24)13-5-4-11(7-19)25-13)15(14(10)17)12-3-2-6-21-16(12)18/h2-6,9,20H,8H2,1H3. The van der Waals surface area contributed by atoms with Gasteiger partial charge in [-0.05, 0) is 31.3 Å². The second kappa shape index (κ2) is 6.70. The van der Waals surface area contributed by atoms with Crippen molar-refractivity contribution in [1.29, 1.82) is 5.26 Å². The monoisotopic (exact) mass is 378 g/mol. The first-order valence-electron chi connectivity index (χ1n) is 7.31. The van der Waals surface area contributed by atoms with Crippen molar-refractivity contribution in [1.82, 2.24) is 14.3 Å². The van der Waals surface area contributed by atoms with Gasteiger partial charge in [-0.2, -0.15) is 18.1 Å². The van der Waals surface area contributed by atoms with Crippen LogP contribution in [-0.4, -0.2) is 24.4 Å². The Balaban J connectivity index is 2.29. The maximum Gasteiger partial charge on any atom is 0.301 e. The quantitative estimate of drug-likeness (QED) is 0.684. The Morgan fingerprint density at radius 1 is 1.35 bits per heavy atom. The largest absolute Gasteiger partial charge is 0.432 e. The van der Waals surface area contributed by atoms with Crippen LogP contribution in [0.15, 0.2) is 46.2 Å². The van der Waals surface area contributed by atoms with Crippen molar-refractivity contribution in [2.75, 3.05) is 7.05 Å². The number of halogens is 2. The highest BCUT2D eigenvalue weighted by Gasteiger charge is 2.30. The number of furan rings is 1. The molecule has 0 fully saturated rings. The predicted molar refractivity (Wildman–Crippen MR) is 86.3 cm³/mol. The summed E-state index contributed by atoms with van der Waals surface area (Å²) in [4.78, 5) is 3.44. The van der Waals surface area contributed by atoms with Crippen molar-refractivity contribution < 1.29 is 21.6 Å². The normalized spacial score (nSPS) is 11.5. The molecule has 0 saturated carbocycles. The van der Waals surface area contributed by atoms with Gasteiger partial charge >= 0.3 is 10.0 Å². The van der Waals surface area contributed by atoms with Gasteiger partial charge < -0.3 is 9.73 Å². The van der Waals surface area contributed by atoms with Crippen LogP contribution in [0, 0.1) is 23.1 Å². The Morgan fingerprint density at radius 2 is 2.12 bits per heavy atom. The van der Waals surface area contributed by atoms with Gasteiger partial charge in [-0.1, -0.05) is 0 Å². The average molecular weight is 378 g/mol. The van der Waals surface area contributed by atoms with Gasteiger partial charge in [0.1, 0.15) is 11.8 Å². The second-order valence-corrected chi connectivity index (χ2v) is 6.97. The molecule has 0 amide bonds. The summed E-state index contributed by atoms with van der Waals surface area (Å²) in [5.74, 6) is -2.14. The number of hydrogen-bond acceptors (Lipinski definition) is 6. The smallest absolute Gasteiger partial charge is 0.301 e. The van der Waals surface area contributed by atoms with Crippen LogP contribution < -0.4 is 5.32 Å². The number of nitrogens with zero attached hydrogens (tertiary/aromatic N) is 3. The Hall–Kier alpha value is -3.03. The van der Waals surface area contributed by atoms with Crippen LogP contribution >= 0.6 is 0 Å². The molecule has 0 aromatic carbocycles. The van der Waals surface area contributed by atoms with Crippen molar-refractivity contribution in [2.45, 2.75) is 11.6 Å². The number of aromatic nitrogens is 2. The Morgan fingerprint density at radius 3 is 2.73 bits per heavy atom. The Kier molecular flexibility index (Phi) is 4.58. The molecule has 0 aliphatic heterocycles. The van der Waals surface area contributed by atoms with E-state index in [1.165, 1.54) is 24.4 Å². The fourth-order valence-electron chi connectivity index (χ4n) is 2.43. The molecule has 0 saturated heterocycles. The number of pyridine rings is 1. The zero-order valence-corrected chi connectivity index (χ0v) is 14.2. The van der Waals surface area contributed by atoms with E-state index in [2.05, 4.69) is 10.3 Å². The second-order valence-electron chi connectivity index (χ2n) is 5.22. The van der Waals surface area contributed by atoms with Gasteiger partial charge in [-0.15, -0.1) is 0 Å². The van der Waals surface area contributed by atoms with Crippen LogP contribution in [0.4, 0.5) is 8.78 Å². The first-order valence-corrected chi connectivity index (χ1v) is 8.75. The maximum atomic E-state index is 14.9. The topological polar surface area (TPSA) is 101 Å². The van der Waals surface area contributed by atoms with Crippen LogP contribution in [0.1, 0.15) is 11.3 Å². The van der Waals surface area contributed by atoms with Crippen LogP contribution in [0.5, 0.6) is 0 Å². The molecule has 1 N–H and O–H groups in total. The van der Waals surface area contributed by atoms with E-state index in [0.717, 1.165) is 12.3 Å². The molecule has 3 heterocycles. The molecule has 3 aromatic rings. The van der Waals surface area contributed by atoms with E-state index in [4.69, 9.17) is 9.68 Å². The molecule has 0 atom stereocenters. The lowest BCUT2D eigenvalue weighted by Gasteiger charge is -2.09. The third kappa shape index (κ3) is 2.87. The minimum Gasteiger partial charge on any atom is -0.432 e. The molecule has 0 bridgehead atoms. The molecule has 10 heteroatoms. The predicted octanol–water partition coefficient (Wildman–Crippen LogP) is 2.25. The maximum absolute atomic E-state index is 14.9. The van der Waals surface area contributed by atoms with Crippen molar-refractivity contribution in [2.24, 2.45) is 0 Å². The highest BCUT2D eigenvalue weighted by atomic mass is 32.2. The summed E-state index contributed by atoms with van der Waals surface area (Å²) < 4.78 is 60.3. The van der Waals surface area contributed by atoms with Gasteiger partial charge in [0.05, 0.1) is 5.56 Å². The lowest BCUT2D eigenvalue weighted by Crippen LogP contribution is -2.13. The molecule has 3 aromatic heterocycles. The Bertz CT molecular complexity index is 1110. The van der Waals surface area contributed by atoms with Crippen LogP contribution in [0.25, 0.3) is 11.3 Å². The fourth-order valence-corrected chi connectivity index (χ4v) is 3.74. The van der Waals surface area contributed by atoms with E-state index in [1.54, 1.807) is 13.1 Å². The van der Waals surface area contributed by atoms with Gasteiger partial charge in [0.2, 0.25) is 16.8 Å². The van der Waals surface area contributed by atoms with E-state index in [0.29, 0.717) is 3.97 Å². The fraction of sp³-hybridized carbons (Fsp3) is 0.125. The molecule has 26 heavy (non-hydrogen) atoms. The first-order chi connectivity index (χ1) is 12.4. The van der Waals surface area contributed by atoms with Gasteiger partial charge in [0, 0.05) is 24.5 Å². The summed E-state index contributed by atoms with van der Waals surface area (Å²) in [5, 5.41) is 11.0. The molecule has 0 spiro atoms. The molecule has 0 aliphatic rings. The minimum absolute atomic E-state index is 0.0152. The number of nitrogens with one attached hydrogen (secondary N) is 1. The summed E-state index contributed by atoms with van der Waals surface area (Å²) in [6.07, 6.45) is 2.20. The highest BCUT2D eigenvalue weighted by molar-refractivity contribution is 7.89. The van der Waals surface area contributed by atoms with E-state index >= 15 is 0 Å². The minimum atomic E-state index is -4.41.